The molecule has 0 amide bonds. The van der Waals surface area contributed by atoms with Crippen molar-refractivity contribution in [3.63, 3.8) is 0 Å². The molecule has 0 unspecified atom stereocenters. The molecule has 0 bridgehead atoms. The predicted molar refractivity (Wildman–Crippen MR) is 139 cm³/mol. The number of hydrogen-bond acceptors (Lipinski definition) is 6. The van der Waals surface area contributed by atoms with Crippen molar-refractivity contribution in [2.45, 2.75) is 31.2 Å². The number of rotatable bonds is 6. The molecular weight excluding hydrogens is 458 g/mol. The van der Waals surface area contributed by atoms with Crippen molar-refractivity contribution in [3.8, 4) is 11.4 Å². The molecule has 0 spiro atoms. The Bertz CT molecular complexity index is 1540. The third-order valence-corrected chi connectivity index (χ3v) is 6.65. The number of fused-ring (bicyclic) bond motifs is 1. The second-order valence-electron chi connectivity index (χ2n) is 8.31. The molecule has 0 aliphatic heterocycles. The van der Waals surface area contributed by atoms with Gasteiger partial charge in [-0.2, -0.15) is 0 Å². The molecule has 35 heavy (non-hydrogen) atoms. The van der Waals surface area contributed by atoms with E-state index >= 15 is 0 Å². The van der Waals surface area contributed by atoms with Gasteiger partial charge in [-0.15, -0.1) is 10.2 Å². The molecule has 5 rings (SSSR count). The second-order valence-corrected chi connectivity index (χ2v) is 9.25. The molecule has 7 nitrogen and oxygen atoms in total. The first-order valence-electron chi connectivity index (χ1n) is 11.3. The van der Waals surface area contributed by atoms with E-state index in [1.807, 2.05) is 47.9 Å². The maximum Gasteiger partial charge on any atom is 0.258 e. The van der Waals surface area contributed by atoms with Gasteiger partial charge in [-0.3, -0.25) is 13.8 Å². The van der Waals surface area contributed by atoms with E-state index in [1.165, 1.54) is 17.3 Å². The van der Waals surface area contributed by atoms with Crippen LogP contribution in [0, 0.1) is 13.8 Å². The van der Waals surface area contributed by atoms with Gasteiger partial charge in [-0.25, -0.2) is 4.98 Å². The Hall–Kier alpha value is -3.91. The van der Waals surface area contributed by atoms with Crippen LogP contribution in [0.25, 0.3) is 22.7 Å². The van der Waals surface area contributed by atoms with Crippen LogP contribution < -0.4 is 5.56 Å². The monoisotopic (exact) mass is 483 g/mol. The molecule has 3 aromatic heterocycles. The number of aromatic nitrogens is 5. The highest BCUT2D eigenvalue weighted by Gasteiger charge is 2.20. The molecule has 3 heterocycles. The molecule has 176 valence electrons. The van der Waals surface area contributed by atoms with E-state index in [-0.39, 0.29) is 5.56 Å². The van der Waals surface area contributed by atoms with Crippen molar-refractivity contribution < 1.29 is 4.74 Å². The standard InChI is InChI=1S/C27H25N5O2S/c1-18-9-12-20(13-10-18)26-29-30-27(32(26)22-7-5-4-6-8-23(22)34-3)35-17-21-15-25(33)31-16-19(2)11-14-24(31)28-21/h5-16H,4,17H2,1-3H3. The molecule has 0 radical (unpaired) electrons. The highest BCUT2D eigenvalue weighted by molar-refractivity contribution is 7.98. The summed E-state index contributed by atoms with van der Waals surface area (Å²) in [7, 11) is 1.66. The van der Waals surface area contributed by atoms with Gasteiger partial charge in [0, 0.05) is 23.6 Å². The van der Waals surface area contributed by atoms with E-state index in [0.717, 1.165) is 34.8 Å². The number of hydrogen-bond donors (Lipinski definition) is 0. The molecule has 0 atom stereocenters. The topological polar surface area (TPSA) is 74.3 Å². The molecule has 0 fully saturated rings. The molecule has 0 N–H and O–H groups in total. The number of allylic oxidation sites excluding steroid dienone is 5. The van der Waals surface area contributed by atoms with E-state index < -0.39 is 0 Å². The van der Waals surface area contributed by atoms with Gasteiger partial charge in [0.2, 0.25) is 0 Å². The summed E-state index contributed by atoms with van der Waals surface area (Å²) >= 11 is 1.48. The van der Waals surface area contributed by atoms with Crippen molar-refractivity contribution in [3.05, 3.63) is 106 Å². The number of pyridine rings is 1. The summed E-state index contributed by atoms with van der Waals surface area (Å²) < 4.78 is 9.29. The zero-order valence-corrected chi connectivity index (χ0v) is 20.6. The van der Waals surface area contributed by atoms with Crippen LogP contribution in [0.3, 0.4) is 0 Å². The third kappa shape index (κ3) is 4.70. The third-order valence-electron chi connectivity index (χ3n) is 5.68. The molecule has 0 saturated carbocycles. The minimum absolute atomic E-state index is 0.0997. The van der Waals surface area contributed by atoms with Crippen LogP contribution >= 0.6 is 11.8 Å². The lowest BCUT2D eigenvalue weighted by atomic mass is 10.1. The van der Waals surface area contributed by atoms with E-state index in [9.17, 15) is 4.79 Å². The van der Waals surface area contributed by atoms with Crippen molar-refractivity contribution in [1.82, 2.24) is 24.1 Å². The predicted octanol–water partition coefficient (Wildman–Crippen LogP) is 5.19. The fraction of sp³-hybridized carbons (Fsp3) is 0.185. The Labute approximate surface area is 207 Å². The highest BCUT2D eigenvalue weighted by atomic mass is 32.2. The summed E-state index contributed by atoms with van der Waals surface area (Å²) in [5.74, 6) is 1.92. The average Bonchev–Trinajstić information content (AvgIpc) is 3.13. The summed E-state index contributed by atoms with van der Waals surface area (Å²) in [6.07, 6.45) is 10.8. The number of ether oxygens (including phenoxy) is 1. The Balaban J connectivity index is 1.57. The van der Waals surface area contributed by atoms with Crippen molar-refractivity contribution in [2.75, 3.05) is 7.11 Å². The average molecular weight is 484 g/mol. The van der Waals surface area contributed by atoms with Gasteiger partial charge in [-0.05, 0) is 44.1 Å². The van der Waals surface area contributed by atoms with E-state index in [4.69, 9.17) is 4.74 Å². The van der Waals surface area contributed by atoms with Crippen LogP contribution in [0.4, 0.5) is 0 Å². The van der Waals surface area contributed by atoms with Gasteiger partial charge >= 0.3 is 0 Å². The quantitative estimate of drug-likeness (QED) is 0.351. The van der Waals surface area contributed by atoms with Crippen LogP contribution in [0.1, 0.15) is 23.2 Å². The number of aryl methyl sites for hydroxylation is 2. The Morgan fingerprint density at radius 1 is 1.00 bits per heavy atom. The van der Waals surface area contributed by atoms with Crippen molar-refractivity contribution in [2.24, 2.45) is 0 Å². The largest absolute Gasteiger partial charge is 0.495 e. The van der Waals surface area contributed by atoms with Gasteiger partial charge in [-0.1, -0.05) is 59.8 Å². The van der Waals surface area contributed by atoms with Crippen molar-refractivity contribution in [1.29, 1.82) is 0 Å². The van der Waals surface area contributed by atoms with Crippen LogP contribution in [-0.4, -0.2) is 31.3 Å². The molecule has 0 saturated heterocycles. The van der Waals surface area contributed by atoms with Gasteiger partial charge in [0.1, 0.15) is 11.4 Å². The normalized spacial score (nSPS) is 13.5. The van der Waals surface area contributed by atoms with Gasteiger partial charge in [0.05, 0.1) is 18.5 Å². The lowest BCUT2D eigenvalue weighted by Crippen LogP contribution is -2.15. The Morgan fingerprint density at radius 3 is 2.57 bits per heavy atom. The van der Waals surface area contributed by atoms with Crippen LogP contribution in [0.5, 0.6) is 0 Å². The summed E-state index contributed by atoms with van der Waals surface area (Å²) in [6.45, 7) is 4.01. The second kappa shape index (κ2) is 9.76. The van der Waals surface area contributed by atoms with E-state index in [2.05, 4.69) is 46.4 Å². The number of thioether (sulfide) groups is 1. The van der Waals surface area contributed by atoms with Crippen LogP contribution in [0.15, 0.2) is 88.7 Å². The van der Waals surface area contributed by atoms with Gasteiger partial charge in [0.15, 0.2) is 11.0 Å². The zero-order chi connectivity index (χ0) is 24.4. The van der Waals surface area contributed by atoms with Gasteiger partial charge in [0.25, 0.3) is 5.56 Å². The first-order valence-corrected chi connectivity index (χ1v) is 12.3. The minimum atomic E-state index is -0.0997. The van der Waals surface area contributed by atoms with E-state index in [1.54, 1.807) is 23.8 Å². The summed E-state index contributed by atoms with van der Waals surface area (Å²) in [6, 6.07) is 13.6. The summed E-state index contributed by atoms with van der Waals surface area (Å²) in [5.41, 5.74) is 5.20. The number of methoxy groups -OCH3 is 1. The summed E-state index contributed by atoms with van der Waals surface area (Å²) in [4.78, 5) is 17.3. The first-order chi connectivity index (χ1) is 17.0. The first kappa shape index (κ1) is 22.9. The molecule has 8 heteroatoms. The molecule has 1 aliphatic rings. The minimum Gasteiger partial charge on any atom is -0.495 e. The smallest absolute Gasteiger partial charge is 0.258 e. The number of nitrogens with zero attached hydrogens (tertiary/aromatic N) is 5. The van der Waals surface area contributed by atoms with Crippen LogP contribution in [-0.2, 0) is 10.5 Å². The lowest BCUT2D eigenvalue weighted by molar-refractivity contribution is 0.307. The maximum absolute atomic E-state index is 12.7. The molecular formula is C27H25N5O2S. The maximum atomic E-state index is 12.7. The fourth-order valence-electron chi connectivity index (χ4n) is 3.90. The van der Waals surface area contributed by atoms with Gasteiger partial charge < -0.3 is 4.74 Å². The van der Waals surface area contributed by atoms with Crippen LogP contribution in [0.2, 0.25) is 0 Å². The van der Waals surface area contributed by atoms with E-state index in [0.29, 0.717) is 22.3 Å². The molecule has 1 aliphatic carbocycles. The lowest BCUT2D eigenvalue weighted by Gasteiger charge is -2.14. The number of benzene rings is 1. The highest BCUT2D eigenvalue weighted by Crippen LogP contribution is 2.32. The summed E-state index contributed by atoms with van der Waals surface area (Å²) in [5, 5.41) is 9.75. The van der Waals surface area contributed by atoms with Crippen molar-refractivity contribution >= 4 is 23.1 Å². The SMILES string of the molecule is COC1=C(n2c(SCc3cc(=O)n4cc(C)ccc4n3)nnc2-c2ccc(C)cc2)C=CCC=C1. The Morgan fingerprint density at radius 2 is 1.77 bits per heavy atom. The Kier molecular flexibility index (Phi) is 6.37. The fourth-order valence-corrected chi connectivity index (χ4v) is 4.74. The zero-order valence-electron chi connectivity index (χ0n) is 19.8. The molecule has 1 aromatic carbocycles. The molecule has 4 aromatic rings.